The van der Waals surface area contributed by atoms with Gasteiger partial charge < -0.3 is 0 Å². The normalized spacial score (nSPS) is 13.7. The molecule has 0 spiro atoms. The molecule has 0 saturated heterocycles. The molecule has 1 atom stereocenters. The van der Waals surface area contributed by atoms with E-state index in [0.717, 1.165) is 0 Å². The van der Waals surface area contributed by atoms with Gasteiger partial charge in [-0.2, -0.15) is 13.2 Å². The zero-order valence-electron chi connectivity index (χ0n) is 9.40. The van der Waals surface area contributed by atoms with Gasteiger partial charge in [0.05, 0.1) is 6.04 Å². The number of rotatable bonds is 5. The average Bonchev–Trinajstić information content (AvgIpc) is 2.25. The van der Waals surface area contributed by atoms with E-state index in [0.29, 0.717) is 0 Å². The molecule has 3 N–H and O–H groups in total. The van der Waals surface area contributed by atoms with E-state index in [2.05, 4.69) is 5.43 Å². The van der Waals surface area contributed by atoms with E-state index in [1.807, 2.05) is 0 Å². The van der Waals surface area contributed by atoms with Crippen molar-refractivity contribution in [3.8, 4) is 0 Å². The van der Waals surface area contributed by atoms with Crippen LogP contribution in [0.25, 0.3) is 0 Å². The maximum Gasteiger partial charge on any atom is 0.389 e. The molecule has 0 aliphatic heterocycles. The van der Waals surface area contributed by atoms with Crippen LogP contribution in [0.2, 0.25) is 5.02 Å². The van der Waals surface area contributed by atoms with E-state index in [4.69, 9.17) is 17.4 Å². The highest BCUT2D eigenvalue weighted by molar-refractivity contribution is 6.31. The molecule has 0 radical (unpaired) electrons. The van der Waals surface area contributed by atoms with E-state index in [-0.39, 0.29) is 23.4 Å². The van der Waals surface area contributed by atoms with Crippen LogP contribution >= 0.6 is 11.6 Å². The topological polar surface area (TPSA) is 38.0 Å². The third kappa shape index (κ3) is 4.44. The van der Waals surface area contributed by atoms with Gasteiger partial charge in [0.15, 0.2) is 0 Å². The lowest BCUT2D eigenvalue weighted by Crippen LogP contribution is -2.29. The molecule has 0 saturated carbocycles. The van der Waals surface area contributed by atoms with Gasteiger partial charge in [0.2, 0.25) is 0 Å². The summed E-state index contributed by atoms with van der Waals surface area (Å²) in [7, 11) is 0. The standard InChI is InChI=1S/C11H13ClF4N2/c12-7-3-1-4-8(13)10(7)9(18-17)5-2-6-11(14,15)16/h1,3-4,9,18H,2,5-6,17H2. The maximum absolute atomic E-state index is 13.5. The third-order valence-electron chi connectivity index (χ3n) is 2.50. The fourth-order valence-corrected chi connectivity index (χ4v) is 1.96. The largest absolute Gasteiger partial charge is 0.389 e. The minimum Gasteiger partial charge on any atom is -0.271 e. The predicted octanol–water partition coefficient (Wildman–Crippen LogP) is 3.72. The van der Waals surface area contributed by atoms with Crippen molar-refractivity contribution in [1.29, 1.82) is 0 Å². The molecular formula is C11H13ClF4N2. The third-order valence-corrected chi connectivity index (χ3v) is 2.83. The van der Waals surface area contributed by atoms with Crippen LogP contribution in [0, 0.1) is 5.82 Å². The number of hydrogen-bond donors (Lipinski definition) is 2. The van der Waals surface area contributed by atoms with E-state index >= 15 is 0 Å². The van der Waals surface area contributed by atoms with Crippen LogP contribution in [0.3, 0.4) is 0 Å². The molecule has 0 heterocycles. The lowest BCUT2D eigenvalue weighted by molar-refractivity contribution is -0.135. The van der Waals surface area contributed by atoms with Crippen molar-refractivity contribution in [3.63, 3.8) is 0 Å². The molecule has 0 aliphatic rings. The Labute approximate surface area is 107 Å². The number of nitrogens with one attached hydrogen (secondary N) is 1. The Balaban J connectivity index is 2.72. The molecule has 0 amide bonds. The second-order valence-corrected chi connectivity index (χ2v) is 4.27. The van der Waals surface area contributed by atoms with Crippen LogP contribution in [0.4, 0.5) is 17.6 Å². The van der Waals surface area contributed by atoms with Crippen molar-refractivity contribution in [2.75, 3.05) is 0 Å². The van der Waals surface area contributed by atoms with Crippen molar-refractivity contribution < 1.29 is 17.6 Å². The van der Waals surface area contributed by atoms with Crippen LogP contribution in [-0.4, -0.2) is 6.18 Å². The SMILES string of the molecule is NNC(CCCC(F)(F)F)c1c(F)cccc1Cl. The highest BCUT2D eigenvalue weighted by atomic mass is 35.5. The minimum atomic E-state index is -4.22. The summed E-state index contributed by atoms with van der Waals surface area (Å²) >= 11 is 5.81. The summed E-state index contributed by atoms with van der Waals surface area (Å²) in [4.78, 5) is 0. The molecule has 0 aromatic heterocycles. The molecule has 1 rings (SSSR count). The zero-order valence-corrected chi connectivity index (χ0v) is 10.2. The molecule has 7 heteroatoms. The fourth-order valence-electron chi connectivity index (χ4n) is 1.66. The number of hydrazine groups is 1. The number of alkyl halides is 3. The molecule has 2 nitrogen and oxygen atoms in total. The molecular weight excluding hydrogens is 272 g/mol. The summed E-state index contributed by atoms with van der Waals surface area (Å²) in [6, 6.07) is 3.34. The fraction of sp³-hybridized carbons (Fsp3) is 0.455. The lowest BCUT2D eigenvalue weighted by atomic mass is 10.0. The lowest BCUT2D eigenvalue weighted by Gasteiger charge is -2.18. The van der Waals surface area contributed by atoms with Crippen molar-refractivity contribution >= 4 is 11.6 Å². The van der Waals surface area contributed by atoms with Gasteiger partial charge in [-0.05, 0) is 25.0 Å². The van der Waals surface area contributed by atoms with Crippen LogP contribution in [-0.2, 0) is 0 Å². The van der Waals surface area contributed by atoms with Crippen LogP contribution in [0.1, 0.15) is 30.9 Å². The van der Waals surface area contributed by atoms with Gasteiger partial charge in [-0.1, -0.05) is 17.7 Å². The van der Waals surface area contributed by atoms with Gasteiger partial charge in [0.25, 0.3) is 0 Å². The summed E-state index contributed by atoms with van der Waals surface area (Å²) < 4.78 is 49.6. The summed E-state index contributed by atoms with van der Waals surface area (Å²) in [6.45, 7) is 0. The first kappa shape index (κ1) is 15.2. The number of halogens is 5. The molecule has 1 aromatic rings. The monoisotopic (exact) mass is 284 g/mol. The first-order valence-electron chi connectivity index (χ1n) is 5.32. The Morgan fingerprint density at radius 3 is 2.50 bits per heavy atom. The number of hydrogen-bond acceptors (Lipinski definition) is 2. The first-order chi connectivity index (χ1) is 8.35. The van der Waals surface area contributed by atoms with Gasteiger partial charge in [-0.25, -0.2) is 4.39 Å². The quantitative estimate of drug-likeness (QED) is 0.491. The van der Waals surface area contributed by atoms with Crippen LogP contribution in [0.5, 0.6) is 0 Å². The molecule has 0 bridgehead atoms. The molecule has 0 fully saturated rings. The van der Waals surface area contributed by atoms with Gasteiger partial charge in [0, 0.05) is 17.0 Å². The first-order valence-corrected chi connectivity index (χ1v) is 5.69. The zero-order chi connectivity index (χ0) is 13.8. The summed E-state index contributed by atoms with van der Waals surface area (Å²) in [5, 5.41) is 0.143. The van der Waals surface area contributed by atoms with Gasteiger partial charge in [-0.15, -0.1) is 0 Å². The Morgan fingerprint density at radius 1 is 1.33 bits per heavy atom. The second kappa shape index (κ2) is 6.36. The number of nitrogens with two attached hydrogens (primary N) is 1. The molecule has 1 unspecified atom stereocenters. The van der Waals surface area contributed by atoms with Gasteiger partial charge in [-0.3, -0.25) is 11.3 Å². The van der Waals surface area contributed by atoms with Crippen LogP contribution < -0.4 is 11.3 Å². The van der Waals surface area contributed by atoms with Crippen molar-refractivity contribution in [2.45, 2.75) is 31.5 Å². The highest BCUT2D eigenvalue weighted by Gasteiger charge is 2.27. The smallest absolute Gasteiger partial charge is 0.271 e. The van der Waals surface area contributed by atoms with E-state index in [1.54, 1.807) is 0 Å². The molecule has 1 aromatic carbocycles. The Bertz CT molecular complexity index is 375. The van der Waals surface area contributed by atoms with E-state index in [9.17, 15) is 17.6 Å². The molecule has 0 aliphatic carbocycles. The van der Waals surface area contributed by atoms with Crippen LogP contribution in [0.15, 0.2) is 18.2 Å². The van der Waals surface area contributed by atoms with Crippen molar-refractivity contribution in [2.24, 2.45) is 5.84 Å². The highest BCUT2D eigenvalue weighted by Crippen LogP contribution is 2.30. The van der Waals surface area contributed by atoms with Crippen molar-refractivity contribution in [1.82, 2.24) is 5.43 Å². The van der Waals surface area contributed by atoms with Gasteiger partial charge >= 0.3 is 6.18 Å². The summed E-state index contributed by atoms with van der Waals surface area (Å²) in [5.74, 6) is 4.65. The Morgan fingerprint density at radius 2 is 2.00 bits per heavy atom. The summed E-state index contributed by atoms with van der Waals surface area (Å²) in [5.41, 5.74) is 2.40. The number of benzene rings is 1. The maximum atomic E-state index is 13.5. The van der Waals surface area contributed by atoms with E-state index in [1.165, 1.54) is 18.2 Å². The van der Waals surface area contributed by atoms with E-state index < -0.39 is 24.5 Å². The minimum absolute atomic E-state index is 0.0522. The molecule has 102 valence electrons. The summed E-state index contributed by atoms with van der Waals surface area (Å²) in [6.07, 6.45) is -5.25. The van der Waals surface area contributed by atoms with Gasteiger partial charge in [0.1, 0.15) is 5.82 Å². The molecule has 18 heavy (non-hydrogen) atoms. The second-order valence-electron chi connectivity index (χ2n) is 3.86. The predicted molar refractivity (Wildman–Crippen MR) is 61.4 cm³/mol. The average molecular weight is 285 g/mol. The Kier molecular flexibility index (Phi) is 5.37. The Hall–Kier alpha value is -0.850. The van der Waals surface area contributed by atoms with Crippen molar-refractivity contribution in [3.05, 3.63) is 34.6 Å².